The number of rotatable bonds is 9. The van der Waals surface area contributed by atoms with Gasteiger partial charge in [-0.25, -0.2) is 21.6 Å². The second-order valence-corrected chi connectivity index (χ2v) is 15.8. The number of sulfone groups is 2. The fourth-order valence-electron chi connectivity index (χ4n) is 6.51. The number of cyclic esters (lactones) is 1. The van der Waals surface area contributed by atoms with Crippen LogP contribution in [0.4, 0.5) is 4.79 Å². The maximum atomic E-state index is 14.5. The van der Waals surface area contributed by atoms with Crippen LogP contribution in [-0.4, -0.2) is 51.2 Å². The van der Waals surface area contributed by atoms with Crippen molar-refractivity contribution < 1.29 is 31.1 Å². The molecular formula is C35H33NO7S2. The Morgan fingerprint density at radius 3 is 1.62 bits per heavy atom. The lowest BCUT2D eigenvalue weighted by molar-refractivity contribution is -0.0285. The summed E-state index contributed by atoms with van der Waals surface area (Å²) >= 11 is 0. The predicted molar refractivity (Wildman–Crippen MR) is 170 cm³/mol. The van der Waals surface area contributed by atoms with Crippen LogP contribution >= 0.6 is 0 Å². The average Bonchev–Trinajstić information content (AvgIpc) is 3.58. The van der Waals surface area contributed by atoms with Crippen LogP contribution in [0.15, 0.2) is 143 Å². The van der Waals surface area contributed by atoms with Crippen LogP contribution in [0.25, 0.3) is 0 Å². The first-order chi connectivity index (χ1) is 21.6. The van der Waals surface area contributed by atoms with Gasteiger partial charge in [-0.3, -0.25) is 4.90 Å². The summed E-state index contributed by atoms with van der Waals surface area (Å²) in [6.45, 7) is 1.72. The quantitative estimate of drug-likeness (QED) is 0.201. The fourth-order valence-corrected chi connectivity index (χ4v) is 11.4. The highest BCUT2D eigenvalue weighted by Gasteiger charge is 2.60. The van der Waals surface area contributed by atoms with Crippen molar-refractivity contribution in [3.63, 3.8) is 0 Å². The van der Waals surface area contributed by atoms with Crippen molar-refractivity contribution in [1.29, 1.82) is 0 Å². The van der Waals surface area contributed by atoms with Crippen molar-refractivity contribution in [1.82, 2.24) is 4.90 Å². The molecule has 0 aromatic heterocycles. The first kappa shape index (κ1) is 30.8. The van der Waals surface area contributed by atoms with Crippen molar-refractivity contribution in [3.05, 3.63) is 145 Å². The molecule has 0 unspecified atom stereocenters. The monoisotopic (exact) mass is 643 g/mol. The van der Waals surface area contributed by atoms with Gasteiger partial charge in [0.15, 0.2) is 30.4 Å². The number of ether oxygens (including phenoxy) is 2. The van der Waals surface area contributed by atoms with Crippen molar-refractivity contribution in [2.24, 2.45) is 5.92 Å². The number of carbonyl (C=O) groups excluding carboxylic acids is 1. The maximum Gasteiger partial charge on any atom is 0.411 e. The molecule has 8 nitrogen and oxygen atoms in total. The normalized spacial score (nSPS) is 25.0. The number of hydrogen-bond acceptors (Lipinski definition) is 7. The minimum Gasteiger partial charge on any atom is -0.439 e. The largest absolute Gasteiger partial charge is 0.439 e. The molecule has 0 saturated carbocycles. The van der Waals surface area contributed by atoms with Gasteiger partial charge in [-0.2, -0.15) is 0 Å². The summed E-state index contributed by atoms with van der Waals surface area (Å²) in [5.41, 5.74) is 0.225. The van der Waals surface area contributed by atoms with Gasteiger partial charge in [0.05, 0.1) is 15.8 Å². The van der Waals surface area contributed by atoms with Crippen LogP contribution in [0.1, 0.15) is 30.2 Å². The smallest absolute Gasteiger partial charge is 0.411 e. The molecule has 0 N–H and O–H groups in total. The Kier molecular flexibility index (Phi) is 8.15. The van der Waals surface area contributed by atoms with E-state index in [0.717, 1.165) is 11.1 Å². The number of methoxy groups -OCH3 is 1. The lowest BCUT2D eigenvalue weighted by atomic mass is 9.88. The molecule has 0 bridgehead atoms. The van der Waals surface area contributed by atoms with Gasteiger partial charge in [-0.1, -0.05) is 109 Å². The van der Waals surface area contributed by atoms with E-state index in [0.29, 0.717) is 0 Å². The molecule has 5 atom stereocenters. The number of amides is 1. The van der Waals surface area contributed by atoms with Crippen LogP contribution < -0.4 is 0 Å². The van der Waals surface area contributed by atoms with Gasteiger partial charge in [0.2, 0.25) is 0 Å². The summed E-state index contributed by atoms with van der Waals surface area (Å²) in [7, 11) is -7.64. The highest BCUT2D eigenvalue weighted by Crippen LogP contribution is 2.51. The molecule has 1 saturated heterocycles. The van der Waals surface area contributed by atoms with Gasteiger partial charge < -0.3 is 9.47 Å². The van der Waals surface area contributed by atoms with E-state index in [4.69, 9.17) is 9.47 Å². The van der Waals surface area contributed by atoms with Crippen molar-refractivity contribution >= 4 is 25.8 Å². The van der Waals surface area contributed by atoms with Crippen LogP contribution in [-0.2, 0) is 29.1 Å². The van der Waals surface area contributed by atoms with E-state index in [1.54, 1.807) is 55.5 Å². The molecule has 1 amide bonds. The third kappa shape index (κ3) is 5.37. The van der Waals surface area contributed by atoms with E-state index in [9.17, 15) is 21.6 Å². The van der Waals surface area contributed by atoms with Gasteiger partial charge in [0.1, 0.15) is 11.6 Å². The number of hydrogen-bond donors (Lipinski definition) is 0. The van der Waals surface area contributed by atoms with E-state index in [2.05, 4.69) is 0 Å². The minimum absolute atomic E-state index is 0.140. The first-order valence-corrected chi connectivity index (χ1v) is 17.6. The van der Waals surface area contributed by atoms with Gasteiger partial charge in [-0.05, 0) is 42.3 Å². The summed E-state index contributed by atoms with van der Waals surface area (Å²) in [5.74, 6) is -1.24. The van der Waals surface area contributed by atoms with Gasteiger partial charge in [0.25, 0.3) is 0 Å². The van der Waals surface area contributed by atoms with Gasteiger partial charge in [-0.15, -0.1) is 0 Å². The molecule has 4 aromatic carbocycles. The van der Waals surface area contributed by atoms with Gasteiger partial charge in [0, 0.05) is 13.0 Å². The standard InChI is InChI=1S/C35H33NO7S2/c1-35(42-2)24-23-29(33(44(38,39)27-19-11-5-12-20-27)45(40,41)28-21-13-6-14-22-28)32(35)36-30(25-15-7-3-8-16-25)31(43-34(36)37)26-17-9-4-10-18-26/h3-24,29-33H,1-2H3/t29-,30+,31-,32+,35+/m0/s1. The molecule has 1 fully saturated rings. The van der Waals surface area contributed by atoms with Crippen LogP contribution in [0.3, 0.4) is 0 Å². The highest BCUT2D eigenvalue weighted by atomic mass is 32.3. The molecule has 2 aliphatic rings. The van der Waals surface area contributed by atoms with Crippen molar-refractivity contribution in [3.8, 4) is 0 Å². The van der Waals surface area contributed by atoms with Crippen molar-refractivity contribution in [2.75, 3.05) is 7.11 Å². The molecule has 0 spiro atoms. The number of nitrogens with zero attached hydrogens (tertiary/aromatic N) is 1. The first-order valence-electron chi connectivity index (χ1n) is 14.5. The average molecular weight is 644 g/mol. The second kappa shape index (κ2) is 11.9. The zero-order valence-corrected chi connectivity index (χ0v) is 26.3. The Bertz CT molecular complexity index is 1830. The Labute approximate surface area is 263 Å². The lowest BCUT2D eigenvalue weighted by Crippen LogP contribution is -2.57. The predicted octanol–water partition coefficient (Wildman–Crippen LogP) is 6.15. The molecule has 1 aliphatic carbocycles. The zero-order chi connectivity index (χ0) is 31.8. The summed E-state index contributed by atoms with van der Waals surface area (Å²) in [6.07, 6.45) is 1.76. The summed E-state index contributed by atoms with van der Waals surface area (Å²) in [6, 6.07) is 31.8. The summed E-state index contributed by atoms with van der Waals surface area (Å²) in [4.78, 5) is 15.3. The van der Waals surface area contributed by atoms with E-state index in [-0.39, 0.29) is 9.79 Å². The summed E-state index contributed by atoms with van der Waals surface area (Å²) < 4.78 is 68.2. The van der Waals surface area contributed by atoms with E-state index < -0.39 is 60.1 Å². The van der Waals surface area contributed by atoms with E-state index in [1.165, 1.54) is 36.3 Å². The zero-order valence-electron chi connectivity index (χ0n) is 24.7. The van der Waals surface area contributed by atoms with Crippen LogP contribution in [0.5, 0.6) is 0 Å². The topological polar surface area (TPSA) is 107 Å². The Morgan fingerprint density at radius 1 is 0.711 bits per heavy atom. The Morgan fingerprint density at radius 2 is 1.16 bits per heavy atom. The highest BCUT2D eigenvalue weighted by molar-refractivity contribution is 8.09. The molecule has 45 heavy (non-hydrogen) atoms. The van der Waals surface area contributed by atoms with E-state index in [1.807, 2.05) is 60.7 Å². The van der Waals surface area contributed by atoms with Crippen LogP contribution in [0, 0.1) is 5.92 Å². The Hall–Kier alpha value is -4.25. The second-order valence-electron chi connectivity index (χ2n) is 11.3. The summed E-state index contributed by atoms with van der Waals surface area (Å²) in [5, 5.41) is 0. The lowest BCUT2D eigenvalue weighted by Gasteiger charge is -2.42. The van der Waals surface area contributed by atoms with Crippen LogP contribution in [0.2, 0.25) is 0 Å². The minimum atomic E-state index is -4.55. The maximum absolute atomic E-state index is 14.5. The number of benzene rings is 4. The molecule has 0 radical (unpaired) electrons. The Balaban J connectivity index is 1.57. The van der Waals surface area contributed by atoms with E-state index >= 15 is 0 Å². The molecular weight excluding hydrogens is 611 g/mol. The third-order valence-electron chi connectivity index (χ3n) is 8.70. The molecule has 6 rings (SSSR count). The molecule has 1 heterocycles. The third-order valence-corrected chi connectivity index (χ3v) is 13.9. The molecule has 10 heteroatoms. The van der Waals surface area contributed by atoms with Gasteiger partial charge >= 0.3 is 6.09 Å². The fraction of sp³-hybridized carbons (Fsp3) is 0.229. The SMILES string of the molecule is CO[C@]1(C)C=C[C@H](C(S(=O)(=O)c2ccccc2)S(=O)(=O)c2ccccc2)[C@H]1N1C(=O)O[C@@H](c2ccccc2)[C@H]1c1ccccc1. The molecule has 232 valence electrons. The molecule has 1 aliphatic heterocycles. The van der Waals surface area contributed by atoms with Crippen molar-refractivity contribution in [2.45, 2.75) is 45.1 Å². The number of carbonyl (C=O) groups is 1. The molecule has 4 aromatic rings.